The molecule has 0 aliphatic heterocycles. The lowest BCUT2D eigenvalue weighted by molar-refractivity contribution is -0.135. The average Bonchev–Trinajstić information content (AvgIpc) is 2.16. The Morgan fingerprint density at radius 3 is 2.69 bits per heavy atom. The van der Waals surface area contributed by atoms with Gasteiger partial charge in [-0.3, -0.25) is 9.78 Å². The number of hydrogen-bond donors (Lipinski definition) is 0. The van der Waals surface area contributed by atoms with Crippen LogP contribution in [0.1, 0.15) is 35.2 Å². The summed E-state index contributed by atoms with van der Waals surface area (Å²) in [5, 5.41) is 0. The van der Waals surface area contributed by atoms with Crippen LogP contribution in [0.25, 0.3) is 0 Å². The Labute approximate surface area is 91.5 Å². The highest BCUT2D eigenvalue weighted by molar-refractivity contribution is 5.97. The van der Waals surface area contributed by atoms with Crippen LogP contribution in [0.4, 0.5) is 13.2 Å². The van der Waals surface area contributed by atoms with E-state index in [1.807, 2.05) is 0 Å². The van der Waals surface area contributed by atoms with Gasteiger partial charge in [0, 0.05) is 30.8 Å². The summed E-state index contributed by atoms with van der Waals surface area (Å²) >= 11 is 0. The Balaban J connectivity index is 2.51. The number of ketones is 1. The number of Topliss-reactive ketones (excluding diaryl/α,β-unsaturated/α-hetero) is 1. The first-order valence-corrected chi connectivity index (χ1v) is 4.91. The molecule has 1 aromatic heterocycles. The Kier molecular flexibility index (Phi) is 4.04. The lowest BCUT2D eigenvalue weighted by Gasteiger charge is -2.06. The quantitative estimate of drug-likeness (QED) is 0.744. The molecule has 0 fully saturated rings. The van der Waals surface area contributed by atoms with Crippen molar-refractivity contribution in [3.05, 3.63) is 29.6 Å². The van der Waals surface area contributed by atoms with Gasteiger partial charge in [0.05, 0.1) is 0 Å². The molecule has 0 N–H and O–H groups in total. The zero-order valence-corrected chi connectivity index (χ0v) is 8.84. The lowest BCUT2D eigenvalue weighted by Crippen LogP contribution is -2.09. The Hall–Kier alpha value is -1.39. The summed E-state index contributed by atoms with van der Waals surface area (Å²) in [7, 11) is 0. The van der Waals surface area contributed by atoms with E-state index in [4.69, 9.17) is 0 Å². The average molecular weight is 231 g/mol. The van der Waals surface area contributed by atoms with Crippen LogP contribution in [-0.2, 0) is 0 Å². The zero-order valence-electron chi connectivity index (χ0n) is 8.84. The number of aryl methyl sites for hydroxylation is 1. The minimum atomic E-state index is -4.19. The van der Waals surface area contributed by atoms with Gasteiger partial charge in [0.2, 0.25) is 0 Å². The first-order valence-electron chi connectivity index (χ1n) is 4.91. The molecule has 0 atom stereocenters. The fraction of sp³-hybridized carbons (Fsp3) is 0.455. The van der Waals surface area contributed by atoms with Crippen LogP contribution >= 0.6 is 0 Å². The molecule has 0 saturated carbocycles. The van der Waals surface area contributed by atoms with E-state index in [1.54, 1.807) is 6.92 Å². The van der Waals surface area contributed by atoms with Crippen molar-refractivity contribution in [1.29, 1.82) is 0 Å². The van der Waals surface area contributed by atoms with Gasteiger partial charge in [-0.2, -0.15) is 13.2 Å². The van der Waals surface area contributed by atoms with E-state index in [9.17, 15) is 18.0 Å². The summed E-state index contributed by atoms with van der Waals surface area (Å²) in [6.45, 7) is 1.71. The number of aromatic nitrogens is 1. The molecule has 0 bridgehead atoms. The molecule has 0 unspecified atom stereocenters. The van der Waals surface area contributed by atoms with Gasteiger partial charge in [0.15, 0.2) is 5.78 Å². The van der Waals surface area contributed by atoms with E-state index in [0.717, 1.165) is 0 Å². The maximum absolute atomic E-state index is 11.9. The van der Waals surface area contributed by atoms with E-state index >= 15 is 0 Å². The molecule has 16 heavy (non-hydrogen) atoms. The van der Waals surface area contributed by atoms with Crippen LogP contribution in [0, 0.1) is 6.92 Å². The van der Waals surface area contributed by atoms with Crippen LogP contribution in [0.15, 0.2) is 18.5 Å². The van der Waals surface area contributed by atoms with Crippen LogP contribution in [-0.4, -0.2) is 16.9 Å². The Morgan fingerprint density at radius 2 is 2.12 bits per heavy atom. The zero-order chi connectivity index (χ0) is 12.2. The summed E-state index contributed by atoms with van der Waals surface area (Å²) in [6.07, 6.45) is -2.36. The molecule has 1 rings (SSSR count). The number of pyridine rings is 1. The largest absolute Gasteiger partial charge is 0.389 e. The van der Waals surface area contributed by atoms with Gasteiger partial charge in [0.25, 0.3) is 0 Å². The monoisotopic (exact) mass is 231 g/mol. The van der Waals surface area contributed by atoms with E-state index in [2.05, 4.69) is 4.98 Å². The number of nitrogens with zero attached hydrogens (tertiary/aromatic N) is 1. The van der Waals surface area contributed by atoms with Crippen LogP contribution in [0.3, 0.4) is 0 Å². The molecule has 0 aromatic carbocycles. The highest BCUT2D eigenvalue weighted by Crippen LogP contribution is 2.23. The van der Waals surface area contributed by atoms with Crippen molar-refractivity contribution in [3.63, 3.8) is 0 Å². The van der Waals surface area contributed by atoms with Crippen molar-refractivity contribution in [1.82, 2.24) is 4.98 Å². The Bertz CT molecular complexity index is 374. The molecule has 0 spiro atoms. The van der Waals surface area contributed by atoms with Gasteiger partial charge in [-0.1, -0.05) is 0 Å². The SMILES string of the molecule is Cc1cnccc1C(=O)CCCC(F)(F)F. The van der Waals surface area contributed by atoms with Crippen LogP contribution < -0.4 is 0 Å². The molecule has 2 nitrogen and oxygen atoms in total. The molecule has 1 aromatic rings. The number of alkyl halides is 3. The number of carbonyl (C=O) groups excluding carboxylic acids is 1. The molecular formula is C11H12F3NO. The predicted molar refractivity (Wildman–Crippen MR) is 53.2 cm³/mol. The molecule has 0 aliphatic carbocycles. The molecule has 0 aliphatic rings. The fourth-order valence-electron chi connectivity index (χ4n) is 1.37. The molecule has 88 valence electrons. The summed E-state index contributed by atoms with van der Waals surface area (Å²) < 4.78 is 35.6. The molecule has 0 saturated heterocycles. The summed E-state index contributed by atoms with van der Waals surface area (Å²) in [5.74, 6) is -0.260. The standard InChI is InChI=1S/C11H12F3NO/c1-8-7-15-6-4-9(8)10(16)3-2-5-11(12,13)14/h4,6-7H,2-3,5H2,1H3. The van der Waals surface area contributed by atoms with Gasteiger partial charge < -0.3 is 0 Å². The maximum Gasteiger partial charge on any atom is 0.389 e. The first kappa shape index (κ1) is 12.7. The lowest BCUT2D eigenvalue weighted by atomic mass is 10.0. The molecule has 5 heteroatoms. The van der Waals surface area contributed by atoms with E-state index in [0.29, 0.717) is 11.1 Å². The molecule has 1 heterocycles. The summed E-state index contributed by atoms with van der Waals surface area (Å²) in [6, 6.07) is 1.53. The number of hydrogen-bond acceptors (Lipinski definition) is 2. The minimum Gasteiger partial charge on any atom is -0.294 e. The summed E-state index contributed by atoms with van der Waals surface area (Å²) in [4.78, 5) is 15.4. The van der Waals surface area contributed by atoms with Crippen molar-refractivity contribution >= 4 is 5.78 Å². The van der Waals surface area contributed by atoms with Crippen molar-refractivity contribution < 1.29 is 18.0 Å². The summed E-state index contributed by atoms with van der Waals surface area (Å²) in [5.41, 5.74) is 1.15. The topological polar surface area (TPSA) is 30.0 Å². The second kappa shape index (κ2) is 5.09. The predicted octanol–water partition coefficient (Wildman–Crippen LogP) is 3.31. The van der Waals surface area contributed by atoms with Gasteiger partial charge in [-0.15, -0.1) is 0 Å². The first-order chi connectivity index (χ1) is 7.40. The third kappa shape index (κ3) is 4.00. The second-order valence-electron chi connectivity index (χ2n) is 3.58. The molecule has 0 amide bonds. The van der Waals surface area contributed by atoms with Crippen LogP contribution in [0.5, 0.6) is 0 Å². The molecule has 0 radical (unpaired) electrons. The maximum atomic E-state index is 11.9. The van der Waals surface area contributed by atoms with E-state index in [1.165, 1.54) is 18.5 Å². The van der Waals surface area contributed by atoms with Gasteiger partial charge in [-0.25, -0.2) is 0 Å². The smallest absolute Gasteiger partial charge is 0.294 e. The van der Waals surface area contributed by atoms with E-state index < -0.39 is 12.6 Å². The number of carbonyl (C=O) groups is 1. The van der Waals surface area contributed by atoms with E-state index in [-0.39, 0.29) is 18.6 Å². The van der Waals surface area contributed by atoms with Crippen LogP contribution in [0.2, 0.25) is 0 Å². The van der Waals surface area contributed by atoms with Gasteiger partial charge >= 0.3 is 6.18 Å². The highest BCUT2D eigenvalue weighted by atomic mass is 19.4. The fourth-order valence-corrected chi connectivity index (χ4v) is 1.37. The number of rotatable bonds is 4. The van der Waals surface area contributed by atoms with Crippen molar-refractivity contribution in [2.75, 3.05) is 0 Å². The Morgan fingerprint density at radius 1 is 1.44 bits per heavy atom. The normalized spacial score (nSPS) is 11.5. The second-order valence-corrected chi connectivity index (χ2v) is 3.58. The van der Waals surface area contributed by atoms with Gasteiger partial charge in [0.1, 0.15) is 0 Å². The third-order valence-electron chi connectivity index (χ3n) is 2.18. The highest BCUT2D eigenvalue weighted by Gasteiger charge is 2.26. The van der Waals surface area contributed by atoms with Gasteiger partial charge in [-0.05, 0) is 25.0 Å². The minimum absolute atomic E-state index is 0.0790. The van der Waals surface area contributed by atoms with Crippen molar-refractivity contribution in [2.45, 2.75) is 32.4 Å². The third-order valence-corrected chi connectivity index (χ3v) is 2.18. The van der Waals surface area contributed by atoms with Crippen molar-refractivity contribution in [3.8, 4) is 0 Å². The molecular weight excluding hydrogens is 219 g/mol. The number of halogens is 3. The van der Waals surface area contributed by atoms with Crippen molar-refractivity contribution in [2.24, 2.45) is 0 Å².